The molecule has 2 atom stereocenters. The number of nitrogens with zero attached hydrogens (tertiary/aromatic N) is 2. The van der Waals surface area contributed by atoms with Gasteiger partial charge in [0.25, 0.3) is 0 Å². The second-order valence-electron chi connectivity index (χ2n) is 4.80. The second kappa shape index (κ2) is 3.97. The molecule has 0 aliphatic carbocycles. The second-order valence-corrected chi connectivity index (χ2v) is 4.80. The van der Waals surface area contributed by atoms with Crippen molar-refractivity contribution in [3.05, 3.63) is 12.7 Å². The van der Waals surface area contributed by atoms with Crippen molar-refractivity contribution in [3.8, 4) is 0 Å². The molecule has 2 aliphatic heterocycles. The van der Waals surface area contributed by atoms with Gasteiger partial charge in [-0.3, -0.25) is 9.69 Å². The molecule has 2 rings (SSSR count). The Kier molecular flexibility index (Phi) is 2.83. The highest BCUT2D eigenvalue weighted by molar-refractivity contribution is 5.88. The number of rotatable bonds is 2. The first-order valence-corrected chi connectivity index (χ1v) is 5.84. The highest BCUT2D eigenvalue weighted by Gasteiger charge is 2.46. The van der Waals surface area contributed by atoms with Gasteiger partial charge in [-0.05, 0) is 39.3 Å². The van der Waals surface area contributed by atoms with E-state index in [-0.39, 0.29) is 5.91 Å². The van der Waals surface area contributed by atoms with E-state index in [2.05, 4.69) is 25.3 Å². The van der Waals surface area contributed by atoms with Crippen LogP contribution >= 0.6 is 0 Å². The Morgan fingerprint density at radius 3 is 2.80 bits per heavy atom. The van der Waals surface area contributed by atoms with E-state index in [1.54, 1.807) is 0 Å². The summed E-state index contributed by atoms with van der Waals surface area (Å²) in [5, 5.41) is 0. The first kappa shape index (κ1) is 10.7. The SMILES string of the molecule is C=CC(=O)N1CC2C1CCCN2C(C)C. The first-order chi connectivity index (χ1) is 7.15. The van der Waals surface area contributed by atoms with Crippen LogP contribution in [-0.4, -0.2) is 46.9 Å². The smallest absolute Gasteiger partial charge is 0.246 e. The third-order valence-corrected chi connectivity index (χ3v) is 3.69. The topological polar surface area (TPSA) is 23.6 Å². The van der Waals surface area contributed by atoms with Crippen LogP contribution in [0.1, 0.15) is 26.7 Å². The minimum atomic E-state index is 0.0989. The zero-order chi connectivity index (χ0) is 11.0. The van der Waals surface area contributed by atoms with Crippen LogP contribution in [0.2, 0.25) is 0 Å². The van der Waals surface area contributed by atoms with Crippen molar-refractivity contribution in [2.45, 2.75) is 44.8 Å². The van der Waals surface area contributed by atoms with Crippen molar-refractivity contribution in [1.29, 1.82) is 0 Å². The molecule has 0 aromatic heterocycles. The van der Waals surface area contributed by atoms with Gasteiger partial charge in [-0.1, -0.05) is 6.58 Å². The molecule has 2 unspecified atom stereocenters. The monoisotopic (exact) mass is 208 g/mol. The number of likely N-dealkylation sites (tertiary alicyclic amines) is 2. The van der Waals surface area contributed by atoms with Crippen molar-refractivity contribution in [2.75, 3.05) is 13.1 Å². The number of fused-ring (bicyclic) bond motifs is 1. The van der Waals surface area contributed by atoms with Gasteiger partial charge in [0.15, 0.2) is 0 Å². The fourth-order valence-corrected chi connectivity index (χ4v) is 2.86. The lowest BCUT2D eigenvalue weighted by atomic mass is 9.85. The standard InChI is InChI=1S/C12H20N2O/c1-4-12(15)14-8-11-10(14)6-5-7-13(11)9(2)3/h4,9-11H,1,5-8H2,2-3H3. The molecular weight excluding hydrogens is 188 g/mol. The Labute approximate surface area is 91.7 Å². The minimum Gasteiger partial charge on any atom is -0.333 e. The lowest BCUT2D eigenvalue weighted by molar-refractivity contribution is -0.145. The fourth-order valence-electron chi connectivity index (χ4n) is 2.86. The molecule has 0 aromatic rings. The molecule has 2 fully saturated rings. The molecule has 0 radical (unpaired) electrons. The first-order valence-electron chi connectivity index (χ1n) is 5.84. The molecule has 0 N–H and O–H groups in total. The maximum absolute atomic E-state index is 11.5. The van der Waals surface area contributed by atoms with Gasteiger partial charge in [-0.15, -0.1) is 0 Å². The van der Waals surface area contributed by atoms with Crippen molar-refractivity contribution in [2.24, 2.45) is 0 Å². The van der Waals surface area contributed by atoms with E-state index in [0.29, 0.717) is 18.1 Å². The highest BCUT2D eigenvalue weighted by Crippen LogP contribution is 2.32. The normalized spacial score (nSPS) is 31.0. The van der Waals surface area contributed by atoms with E-state index < -0.39 is 0 Å². The summed E-state index contributed by atoms with van der Waals surface area (Å²) in [4.78, 5) is 16.0. The molecule has 1 amide bonds. The molecule has 2 aliphatic rings. The van der Waals surface area contributed by atoms with Gasteiger partial charge in [0.05, 0.1) is 0 Å². The molecule has 0 aromatic carbocycles. The van der Waals surface area contributed by atoms with E-state index in [4.69, 9.17) is 0 Å². The Morgan fingerprint density at radius 1 is 1.47 bits per heavy atom. The predicted molar refractivity (Wildman–Crippen MR) is 60.6 cm³/mol. The number of amides is 1. The van der Waals surface area contributed by atoms with Gasteiger partial charge in [0, 0.05) is 24.7 Å². The molecule has 15 heavy (non-hydrogen) atoms. The molecule has 3 heteroatoms. The summed E-state index contributed by atoms with van der Waals surface area (Å²) in [6, 6.07) is 1.65. The average Bonchev–Trinajstić information content (AvgIpc) is 2.18. The van der Waals surface area contributed by atoms with Crippen molar-refractivity contribution in [1.82, 2.24) is 9.80 Å². The fraction of sp³-hybridized carbons (Fsp3) is 0.750. The van der Waals surface area contributed by atoms with E-state index in [1.165, 1.54) is 19.0 Å². The van der Waals surface area contributed by atoms with Crippen molar-refractivity contribution < 1.29 is 4.79 Å². The average molecular weight is 208 g/mol. The maximum atomic E-state index is 11.5. The summed E-state index contributed by atoms with van der Waals surface area (Å²) >= 11 is 0. The Bertz CT molecular complexity index is 275. The molecule has 0 spiro atoms. The van der Waals surface area contributed by atoms with Gasteiger partial charge in [0.1, 0.15) is 0 Å². The molecule has 0 saturated carbocycles. The van der Waals surface area contributed by atoms with Gasteiger partial charge in [-0.25, -0.2) is 0 Å². The summed E-state index contributed by atoms with van der Waals surface area (Å²) < 4.78 is 0. The molecule has 3 nitrogen and oxygen atoms in total. The number of carbonyl (C=O) groups excluding carboxylic acids is 1. The van der Waals surface area contributed by atoms with Crippen molar-refractivity contribution in [3.63, 3.8) is 0 Å². The van der Waals surface area contributed by atoms with E-state index in [1.807, 2.05) is 4.90 Å². The van der Waals surface area contributed by atoms with Gasteiger partial charge < -0.3 is 4.90 Å². The van der Waals surface area contributed by atoms with Crippen molar-refractivity contribution >= 4 is 5.91 Å². The lowest BCUT2D eigenvalue weighted by Gasteiger charge is -2.56. The zero-order valence-corrected chi connectivity index (χ0v) is 9.65. The molecular formula is C12H20N2O. The summed E-state index contributed by atoms with van der Waals surface area (Å²) in [7, 11) is 0. The third-order valence-electron chi connectivity index (χ3n) is 3.69. The van der Waals surface area contributed by atoms with Gasteiger partial charge in [0.2, 0.25) is 5.91 Å². The van der Waals surface area contributed by atoms with Crippen LogP contribution in [-0.2, 0) is 4.79 Å². The van der Waals surface area contributed by atoms with Crippen LogP contribution < -0.4 is 0 Å². The quantitative estimate of drug-likeness (QED) is 0.638. The predicted octanol–water partition coefficient (Wildman–Crippen LogP) is 1.26. The Balaban J connectivity index is 2.01. The summed E-state index contributed by atoms with van der Waals surface area (Å²) in [6.45, 7) is 10.1. The molecule has 2 saturated heterocycles. The third kappa shape index (κ3) is 1.69. The van der Waals surface area contributed by atoms with Crippen LogP contribution in [0.3, 0.4) is 0 Å². The highest BCUT2D eigenvalue weighted by atomic mass is 16.2. The number of carbonyl (C=O) groups is 1. The number of hydrogen-bond acceptors (Lipinski definition) is 2. The van der Waals surface area contributed by atoms with Crippen LogP contribution in [0, 0.1) is 0 Å². The van der Waals surface area contributed by atoms with E-state index >= 15 is 0 Å². The van der Waals surface area contributed by atoms with E-state index in [9.17, 15) is 4.79 Å². The Hall–Kier alpha value is -0.830. The minimum absolute atomic E-state index is 0.0989. The van der Waals surface area contributed by atoms with Crippen LogP contribution in [0.4, 0.5) is 0 Å². The summed E-state index contributed by atoms with van der Waals surface area (Å²) in [5.41, 5.74) is 0. The van der Waals surface area contributed by atoms with Gasteiger partial charge >= 0.3 is 0 Å². The Morgan fingerprint density at radius 2 is 2.20 bits per heavy atom. The maximum Gasteiger partial charge on any atom is 0.246 e. The number of hydrogen-bond donors (Lipinski definition) is 0. The van der Waals surface area contributed by atoms with E-state index in [0.717, 1.165) is 13.0 Å². The number of piperidine rings is 1. The molecule has 84 valence electrons. The van der Waals surface area contributed by atoms with Crippen LogP contribution in [0.5, 0.6) is 0 Å². The summed E-state index contributed by atoms with van der Waals surface area (Å²) in [6.07, 6.45) is 3.80. The largest absolute Gasteiger partial charge is 0.333 e. The lowest BCUT2D eigenvalue weighted by Crippen LogP contribution is -2.70. The van der Waals surface area contributed by atoms with Crippen LogP contribution in [0.25, 0.3) is 0 Å². The van der Waals surface area contributed by atoms with Crippen LogP contribution in [0.15, 0.2) is 12.7 Å². The molecule has 2 heterocycles. The zero-order valence-electron chi connectivity index (χ0n) is 9.65. The molecule has 0 bridgehead atoms. The van der Waals surface area contributed by atoms with Gasteiger partial charge in [-0.2, -0.15) is 0 Å². The summed E-state index contributed by atoms with van der Waals surface area (Å²) in [5.74, 6) is 0.0989.